The first-order chi connectivity index (χ1) is 12.1. The van der Waals surface area contributed by atoms with Gasteiger partial charge in [0.1, 0.15) is 11.5 Å². The fourth-order valence-corrected chi connectivity index (χ4v) is 3.04. The zero-order valence-electron chi connectivity index (χ0n) is 15.2. The highest BCUT2D eigenvalue weighted by atomic mass is 32.2. The molecule has 0 aliphatic rings. The number of carboxylic acids is 1. The number of ether oxygens (including phenoxy) is 2. The van der Waals surface area contributed by atoms with E-state index in [1.54, 1.807) is 18.2 Å². The second kappa shape index (κ2) is 9.39. The standard InChI is InChI=1S/C16H24N2O7S/c1-5-26(22,23)18(2)10-15(19)17-13(9-16(20)21)12-7-6-11(24-3)8-14(12)25-4/h6-8,13H,5,9-10H2,1-4H3,(H,17,19)(H,20,21). The van der Waals surface area contributed by atoms with Gasteiger partial charge >= 0.3 is 5.97 Å². The normalized spacial score (nSPS) is 12.5. The largest absolute Gasteiger partial charge is 0.497 e. The molecule has 2 N–H and O–H groups in total. The molecule has 10 heteroatoms. The molecule has 1 aromatic rings. The number of nitrogens with one attached hydrogen (secondary N) is 1. The molecular weight excluding hydrogens is 364 g/mol. The van der Waals surface area contributed by atoms with Crippen LogP contribution in [0.15, 0.2) is 18.2 Å². The van der Waals surface area contributed by atoms with Crippen molar-refractivity contribution in [2.75, 3.05) is 33.6 Å². The third kappa shape index (κ3) is 5.88. The molecule has 0 radical (unpaired) electrons. The van der Waals surface area contributed by atoms with Crippen LogP contribution in [0.4, 0.5) is 0 Å². The van der Waals surface area contributed by atoms with Crippen LogP contribution in [0.2, 0.25) is 0 Å². The van der Waals surface area contributed by atoms with Gasteiger partial charge in [0.15, 0.2) is 0 Å². The predicted molar refractivity (Wildman–Crippen MR) is 94.8 cm³/mol. The van der Waals surface area contributed by atoms with E-state index in [1.807, 2.05) is 0 Å². The highest BCUT2D eigenvalue weighted by Crippen LogP contribution is 2.31. The number of hydrogen-bond acceptors (Lipinski definition) is 6. The average Bonchev–Trinajstić information content (AvgIpc) is 2.59. The van der Waals surface area contributed by atoms with Crippen molar-refractivity contribution >= 4 is 21.9 Å². The topological polar surface area (TPSA) is 122 Å². The number of aliphatic carboxylic acids is 1. The molecule has 146 valence electrons. The van der Waals surface area contributed by atoms with Gasteiger partial charge in [0.05, 0.1) is 39.0 Å². The van der Waals surface area contributed by atoms with Gasteiger partial charge in [-0.25, -0.2) is 8.42 Å². The lowest BCUT2D eigenvalue weighted by atomic mass is 10.0. The number of carbonyl (C=O) groups excluding carboxylic acids is 1. The predicted octanol–water partition coefficient (Wildman–Crippen LogP) is 0.617. The lowest BCUT2D eigenvalue weighted by Gasteiger charge is -2.22. The van der Waals surface area contributed by atoms with E-state index >= 15 is 0 Å². The van der Waals surface area contributed by atoms with Gasteiger partial charge in [-0.1, -0.05) is 0 Å². The fraction of sp³-hybridized carbons (Fsp3) is 0.500. The Balaban J connectivity index is 3.05. The van der Waals surface area contributed by atoms with Crippen molar-refractivity contribution in [1.82, 2.24) is 9.62 Å². The lowest BCUT2D eigenvalue weighted by Crippen LogP contribution is -2.40. The van der Waals surface area contributed by atoms with Crippen LogP contribution >= 0.6 is 0 Å². The van der Waals surface area contributed by atoms with Crippen molar-refractivity contribution < 1.29 is 32.6 Å². The summed E-state index contributed by atoms with van der Waals surface area (Å²) in [5.41, 5.74) is 0.449. The Hall–Kier alpha value is -2.33. The van der Waals surface area contributed by atoms with Crippen LogP contribution in [0.5, 0.6) is 11.5 Å². The number of sulfonamides is 1. The molecule has 1 atom stereocenters. The Labute approximate surface area is 152 Å². The smallest absolute Gasteiger partial charge is 0.305 e. The van der Waals surface area contributed by atoms with Crippen LogP contribution in [-0.2, 0) is 19.6 Å². The van der Waals surface area contributed by atoms with Crippen molar-refractivity contribution in [3.8, 4) is 11.5 Å². The summed E-state index contributed by atoms with van der Waals surface area (Å²) in [6, 6.07) is 3.90. The number of carboxylic acid groups (broad SMARTS) is 1. The van der Waals surface area contributed by atoms with Gasteiger partial charge < -0.3 is 19.9 Å². The summed E-state index contributed by atoms with van der Waals surface area (Å²) in [7, 11) is 0.664. The monoisotopic (exact) mass is 388 g/mol. The second-order valence-electron chi connectivity index (χ2n) is 5.48. The van der Waals surface area contributed by atoms with E-state index in [2.05, 4.69) is 5.32 Å². The first-order valence-electron chi connectivity index (χ1n) is 7.81. The third-order valence-electron chi connectivity index (χ3n) is 3.74. The van der Waals surface area contributed by atoms with Crippen LogP contribution in [0.25, 0.3) is 0 Å². The van der Waals surface area contributed by atoms with Crippen LogP contribution in [0.3, 0.4) is 0 Å². The molecular formula is C16H24N2O7S. The second-order valence-corrected chi connectivity index (χ2v) is 7.85. The first-order valence-corrected chi connectivity index (χ1v) is 9.42. The molecule has 0 saturated heterocycles. The number of rotatable bonds is 10. The van der Waals surface area contributed by atoms with E-state index < -0.39 is 40.9 Å². The van der Waals surface area contributed by atoms with Gasteiger partial charge in [0.25, 0.3) is 0 Å². The highest BCUT2D eigenvalue weighted by molar-refractivity contribution is 7.89. The molecule has 9 nitrogen and oxygen atoms in total. The van der Waals surface area contributed by atoms with E-state index in [1.165, 1.54) is 28.2 Å². The summed E-state index contributed by atoms with van der Waals surface area (Å²) in [6.07, 6.45) is -0.390. The molecule has 0 aliphatic carbocycles. The van der Waals surface area contributed by atoms with Crippen LogP contribution < -0.4 is 14.8 Å². The van der Waals surface area contributed by atoms with E-state index in [4.69, 9.17) is 14.6 Å². The van der Waals surface area contributed by atoms with E-state index in [0.717, 1.165) is 4.31 Å². The number of carbonyl (C=O) groups is 2. The fourth-order valence-electron chi connectivity index (χ4n) is 2.28. The van der Waals surface area contributed by atoms with Crippen molar-refractivity contribution in [2.45, 2.75) is 19.4 Å². The molecule has 1 aromatic carbocycles. The molecule has 1 rings (SSSR count). The molecule has 0 aliphatic heterocycles. The Kier molecular flexibility index (Phi) is 7.84. The molecule has 0 heterocycles. The summed E-state index contributed by atoms with van der Waals surface area (Å²) >= 11 is 0. The van der Waals surface area contributed by atoms with Gasteiger partial charge in [-0.3, -0.25) is 9.59 Å². The van der Waals surface area contributed by atoms with Gasteiger partial charge in [0, 0.05) is 18.7 Å². The van der Waals surface area contributed by atoms with Crippen molar-refractivity contribution in [3.05, 3.63) is 23.8 Å². The zero-order valence-corrected chi connectivity index (χ0v) is 16.0. The first kappa shape index (κ1) is 21.7. The Morgan fingerprint density at radius 2 is 1.92 bits per heavy atom. The van der Waals surface area contributed by atoms with Gasteiger partial charge in [0.2, 0.25) is 15.9 Å². The number of amides is 1. The minimum atomic E-state index is -3.52. The number of hydrogen-bond donors (Lipinski definition) is 2. The minimum absolute atomic E-state index is 0.137. The maximum Gasteiger partial charge on any atom is 0.305 e. The van der Waals surface area contributed by atoms with E-state index in [-0.39, 0.29) is 5.75 Å². The van der Waals surface area contributed by atoms with Gasteiger partial charge in [-0.05, 0) is 19.1 Å². The minimum Gasteiger partial charge on any atom is -0.497 e. The average molecular weight is 388 g/mol. The Morgan fingerprint density at radius 3 is 2.42 bits per heavy atom. The highest BCUT2D eigenvalue weighted by Gasteiger charge is 2.24. The Bertz CT molecular complexity index is 749. The summed E-state index contributed by atoms with van der Waals surface area (Å²) < 4.78 is 34.8. The van der Waals surface area contributed by atoms with Crippen molar-refractivity contribution in [1.29, 1.82) is 0 Å². The summed E-state index contributed by atoms with van der Waals surface area (Å²) in [5.74, 6) is -1.01. The zero-order chi connectivity index (χ0) is 19.9. The van der Waals surface area contributed by atoms with Crippen molar-refractivity contribution in [3.63, 3.8) is 0 Å². The Morgan fingerprint density at radius 1 is 1.27 bits per heavy atom. The molecule has 0 saturated carbocycles. The van der Waals surface area contributed by atoms with Crippen LogP contribution in [0.1, 0.15) is 24.9 Å². The molecule has 26 heavy (non-hydrogen) atoms. The molecule has 0 fully saturated rings. The molecule has 1 amide bonds. The maximum absolute atomic E-state index is 12.2. The molecule has 0 aromatic heterocycles. The number of likely N-dealkylation sites (N-methyl/N-ethyl adjacent to an activating group) is 1. The van der Waals surface area contributed by atoms with Gasteiger partial charge in [-0.2, -0.15) is 4.31 Å². The van der Waals surface area contributed by atoms with Crippen LogP contribution in [0, 0.1) is 0 Å². The number of nitrogens with zero attached hydrogens (tertiary/aromatic N) is 1. The molecule has 1 unspecified atom stereocenters. The number of benzene rings is 1. The summed E-state index contributed by atoms with van der Waals surface area (Å²) in [6.45, 7) is 1.06. The lowest BCUT2D eigenvalue weighted by molar-refractivity contribution is -0.137. The van der Waals surface area contributed by atoms with Gasteiger partial charge in [-0.15, -0.1) is 0 Å². The summed E-state index contributed by atoms with van der Waals surface area (Å²) in [4.78, 5) is 23.4. The maximum atomic E-state index is 12.2. The van der Waals surface area contributed by atoms with E-state index in [9.17, 15) is 18.0 Å². The third-order valence-corrected chi connectivity index (χ3v) is 5.54. The quantitative estimate of drug-likeness (QED) is 0.602. The van der Waals surface area contributed by atoms with E-state index in [0.29, 0.717) is 17.1 Å². The van der Waals surface area contributed by atoms with Crippen molar-refractivity contribution in [2.24, 2.45) is 0 Å². The molecule has 0 spiro atoms. The summed E-state index contributed by atoms with van der Waals surface area (Å²) in [5, 5.41) is 11.7. The SMILES string of the molecule is CCS(=O)(=O)N(C)CC(=O)NC(CC(=O)O)c1ccc(OC)cc1OC. The number of methoxy groups -OCH3 is 2. The van der Waals surface area contributed by atoms with Crippen LogP contribution in [-0.4, -0.2) is 63.3 Å². The molecule has 0 bridgehead atoms.